The van der Waals surface area contributed by atoms with Gasteiger partial charge in [-0.05, 0) is 44.2 Å². The molecule has 160 valence electrons. The van der Waals surface area contributed by atoms with Crippen molar-refractivity contribution in [2.24, 2.45) is 0 Å². The molecule has 3 aromatic rings. The number of para-hydroxylation sites is 1. The fourth-order valence-electron chi connectivity index (χ4n) is 4.30. The number of aryl methyl sites for hydroxylation is 1. The molecule has 2 heterocycles. The van der Waals surface area contributed by atoms with Crippen LogP contribution >= 0.6 is 0 Å². The lowest BCUT2D eigenvalue weighted by Crippen LogP contribution is -2.40. The number of hydrogen-bond acceptors (Lipinski definition) is 4. The monoisotopic (exact) mass is 416 g/mol. The average Bonchev–Trinajstić information content (AvgIpc) is 2.82. The van der Waals surface area contributed by atoms with Crippen molar-refractivity contribution in [3.05, 3.63) is 77.0 Å². The number of aromatic nitrogens is 1. The van der Waals surface area contributed by atoms with Crippen LogP contribution in [0.4, 0.5) is 0 Å². The summed E-state index contributed by atoms with van der Waals surface area (Å²) in [5.41, 5.74) is 3.62. The number of benzene rings is 2. The van der Waals surface area contributed by atoms with Gasteiger partial charge < -0.3 is 9.64 Å². The van der Waals surface area contributed by atoms with E-state index >= 15 is 0 Å². The number of esters is 1. The Hall–Kier alpha value is -3.21. The van der Waals surface area contributed by atoms with E-state index in [1.54, 1.807) is 0 Å². The van der Waals surface area contributed by atoms with Gasteiger partial charge in [0.2, 0.25) is 6.10 Å². The number of nitrogens with zero attached hydrogens (tertiary/aromatic N) is 2. The van der Waals surface area contributed by atoms with Crippen LogP contribution in [0.5, 0.6) is 0 Å². The SMILES string of the molecule is CCc1nc2ccccc2c(C(=O)O[C@@H](C(=O)N2CCCCC2)c2ccccc2)c1C. The fourth-order valence-corrected chi connectivity index (χ4v) is 4.30. The molecule has 0 unspecified atom stereocenters. The van der Waals surface area contributed by atoms with E-state index in [-0.39, 0.29) is 5.91 Å². The van der Waals surface area contributed by atoms with Crippen LogP contribution in [0.2, 0.25) is 0 Å². The number of amides is 1. The minimum absolute atomic E-state index is 0.147. The van der Waals surface area contributed by atoms with Crippen molar-refractivity contribution < 1.29 is 14.3 Å². The van der Waals surface area contributed by atoms with Gasteiger partial charge in [0.15, 0.2) is 0 Å². The Bertz CT molecular complexity index is 1090. The zero-order valence-corrected chi connectivity index (χ0v) is 18.1. The summed E-state index contributed by atoms with van der Waals surface area (Å²) < 4.78 is 5.97. The highest BCUT2D eigenvalue weighted by molar-refractivity contribution is 6.05. The first-order chi connectivity index (χ1) is 15.1. The summed E-state index contributed by atoms with van der Waals surface area (Å²) in [6.45, 7) is 5.33. The predicted molar refractivity (Wildman–Crippen MR) is 121 cm³/mol. The van der Waals surface area contributed by atoms with Crippen LogP contribution in [0.25, 0.3) is 10.9 Å². The van der Waals surface area contributed by atoms with Crippen LogP contribution in [0.1, 0.15) is 59.5 Å². The quantitative estimate of drug-likeness (QED) is 0.548. The van der Waals surface area contributed by atoms with Crippen LogP contribution in [-0.4, -0.2) is 34.8 Å². The van der Waals surface area contributed by atoms with Crippen LogP contribution in [0.3, 0.4) is 0 Å². The maximum atomic E-state index is 13.5. The first kappa shape index (κ1) is 21.0. The molecule has 1 aliphatic heterocycles. The molecule has 1 atom stereocenters. The second kappa shape index (κ2) is 9.29. The second-order valence-electron chi connectivity index (χ2n) is 8.01. The maximum Gasteiger partial charge on any atom is 0.340 e. The normalized spacial score (nSPS) is 15.0. The standard InChI is InChI=1S/C26H28N2O3/c1-3-21-18(2)23(20-14-8-9-15-22(20)27-21)26(30)31-24(19-12-6-4-7-13-19)25(29)28-16-10-5-11-17-28/h4,6-9,12-15,24H,3,5,10-11,16-17H2,1-2H3/t24-/m1/s1. The van der Waals surface area contributed by atoms with Crippen molar-refractivity contribution >= 4 is 22.8 Å². The molecule has 4 rings (SSSR count). The first-order valence-electron chi connectivity index (χ1n) is 11.0. The number of fused-ring (bicyclic) bond motifs is 1. The van der Waals surface area contributed by atoms with Crippen molar-refractivity contribution in [1.29, 1.82) is 0 Å². The lowest BCUT2D eigenvalue weighted by atomic mass is 10.00. The van der Waals surface area contributed by atoms with Crippen LogP contribution in [0, 0.1) is 6.92 Å². The zero-order chi connectivity index (χ0) is 21.8. The smallest absolute Gasteiger partial charge is 0.340 e. The molecule has 0 radical (unpaired) electrons. The van der Waals surface area contributed by atoms with E-state index < -0.39 is 12.1 Å². The van der Waals surface area contributed by atoms with Gasteiger partial charge in [-0.3, -0.25) is 9.78 Å². The third-order valence-electron chi connectivity index (χ3n) is 5.99. The minimum atomic E-state index is -0.955. The number of pyridine rings is 1. The van der Waals surface area contributed by atoms with Gasteiger partial charge in [-0.2, -0.15) is 0 Å². The van der Waals surface area contributed by atoms with Gasteiger partial charge in [0.05, 0.1) is 11.1 Å². The fraction of sp³-hybridized carbons (Fsp3) is 0.346. The number of likely N-dealkylation sites (tertiary alicyclic amines) is 1. The van der Waals surface area contributed by atoms with Gasteiger partial charge in [-0.25, -0.2) is 4.79 Å². The van der Waals surface area contributed by atoms with Gasteiger partial charge >= 0.3 is 5.97 Å². The highest BCUT2D eigenvalue weighted by atomic mass is 16.5. The van der Waals surface area contributed by atoms with Gasteiger partial charge in [-0.1, -0.05) is 55.5 Å². The Balaban J connectivity index is 1.73. The topological polar surface area (TPSA) is 59.5 Å². The van der Waals surface area contributed by atoms with Crippen LogP contribution in [0.15, 0.2) is 54.6 Å². The predicted octanol–water partition coefficient (Wildman–Crippen LogP) is 5.02. The summed E-state index contributed by atoms with van der Waals surface area (Å²) >= 11 is 0. The van der Waals surface area contributed by atoms with Crippen molar-refractivity contribution in [2.45, 2.75) is 45.6 Å². The molecule has 2 aromatic carbocycles. The molecule has 0 aliphatic carbocycles. The van der Waals surface area contributed by atoms with E-state index in [1.165, 1.54) is 0 Å². The molecule has 1 amide bonds. The first-order valence-corrected chi connectivity index (χ1v) is 11.0. The highest BCUT2D eigenvalue weighted by Crippen LogP contribution is 2.28. The van der Waals surface area contributed by atoms with Crippen molar-refractivity contribution in [3.63, 3.8) is 0 Å². The van der Waals surface area contributed by atoms with Gasteiger partial charge in [0.25, 0.3) is 5.91 Å². The average molecular weight is 417 g/mol. The number of piperidine rings is 1. The molecule has 5 nitrogen and oxygen atoms in total. The van der Waals surface area contributed by atoms with Crippen molar-refractivity contribution in [2.75, 3.05) is 13.1 Å². The number of carbonyl (C=O) groups is 2. The Morgan fingerprint density at radius 2 is 1.68 bits per heavy atom. The molecule has 0 N–H and O–H groups in total. The third-order valence-corrected chi connectivity index (χ3v) is 5.99. The molecule has 31 heavy (non-hydrogen) atoms. The van der Waals surface area contributed by atoms with E-state index in [0.717, 1.165) is 41.4 Å². The lowest BCUT2D eigenvalue weighted by molar-refractivity contribution is -0.142. The molecular formula is C26H28N2O3. The summed E-state index contributed by atoms with van der Waals surface area (Å²) in [5.74, 6) is -0.629. The zero-order valence-electron chi connectivity index (χ0n) is 18.1. The highest BCUT2D eigenvalue weighted by Gasteiger charge is 2.31. The molecule has 0 saturated carbocycles. The maximum absolute atomic E-state index is 13.5. The molecular weight excluding hydrogens is 388 g/mol. The van der Waals surface area contributed by atoms with E-state index in [2.05, 4.69) is 0 Å². The Morgan fingerprint density at radius 1 is 1.00 bits per heavy atom. The summed E-state index contributed by atoms with van der Waals surface area (Å²) in [6, 6.07) is 16.9. The lowest BCUT2D eigenvalue weighted by Gasteiger charge is -2.30. The summed E-state index contributed by atoms with van der Waals surface area (Å²) in [7, 11) is 0. The molecule has 1 aromatic heterocycles. The van der Waals surface area contributed by atoms with Crippen LogP contribution < -0.4 is 0 Å². The number of ether oxygens (including phenoxy) is 1. The second-order valence-corrected chi connectivity index (χ2v) is 8.01. The van der Waals surface area contributed by atoms with Crippen molar-refractivity contribution in [3.8, 4) is 0 Å². The summed E-state index contributed by atoms with van der Waals surface area (Å²) in [5, 5.41) is 0.749. The largest absolute Gasteiger partial charge is 0.444 e. The van der Waals surface area contributed by atoms with Gasteiger partial charge in [-0.15, -0.1) is 0 Å². The Kier molecular flexibility index (Phi) is 6.31. The number of hydrogen-bond donors (Lipinski definition) is 0. The summed E-state index contributed by atoms with van der Waals surface area (Å²) in [4.78, 5) is 33.4. The minimum Gasteiger partial charge on any atom is -0.444 e. The third kappa shape index (κ3) is 4.31. The molecule has 1 aliphatic rings. The molecule has 5 heteroatoms. The van der Waals surface area contributed by atoms with E-state index in [1.807, 2.05) is 73.3 Å². The Morgan fingerprint density at radius 3 is 2.39 bits per heavy atom. The molecule has 1 fully saturated rings. The molecule has 1 saturated heterocycles. The summed E-state index contributed by atoms with van der Waals surface area (Å²) in [6.07, 6.45) is 2.85. The van der Waals surface area contributed by atoms with Gasteiger partial charge in [0.1, 0.15) is 0 Å². The number of carbonyl (C=O) groups excluding carboxylic acids is 2. The van der Waals surface area contributed by atoms with E-state index in [9.17, 15) is 9.59 Å². The molecule has 0 spiro atoms. The van der Waals surface area contributed by atoms with Crippen LogP contribution in [-0.2, 0) is 16.0 Å². The number of rotatable bonds is 5. The molecule has 0 bridgehead atoms. The van der Waals surface area contributed by atoms with E-state index in [4.69, 9.17) is 9.72 Å². The van der Waals surface area contributed by atoms with Crippen molar-refractivity contribution in [1.82, 2.24) is 9.88 Å². The van der Waals surface area contributed by atoms with Gasteiger partial charge in [0, 0.05) is 29.7 Å². The Labute approximate surface area is 183 Å². The van der Waals surface area contributed by atoms with E-state index in [0.29, 0.717) is 30.6 Å².